The SMILES string of the molecule is C=C1C[C@]2(C(=O)OC)C(=O)[C@](C(=O)OC)(C1)C1C2[C@@]2(C(=O)OC)CC(=C)C[C@]1(C(=O)OC)C2=O. The first-order valence-electron chi connectivity index (χ1n) is 10.7. The first-order valence-corrected chi connectivity index (χ1v) is 10.7. The van der Waals surface area contributed by atoms with Gasteiger partial charge in [0.05, 0.1) is 28.4 Å². The molecule has 4 aliphatic rings. The van der Waals surface area contributed by atoms with Crippen LogP contribution in [0.1, 0.15) is 25.7 Å². The molecular formula is C24H26O10. The number of allylic oxidation sites excluding steroid dienone is 2. The van der Waals surface area contributed by atoms with E-state index in [9.17, 15) is 28.8 Å². The van der Waals surface area contributed by atoms with Crippen molar-refractivity contribution in [1.29, 1.82) is 0 Å². The summed E-state index contributed by atoms with van der Waals surface area (Å²) < 4.78 is 20.1. The fourth-order valence-corrected chi connectivity index (χ4v) is 7.70. The number of carbonyl (C=O) groups is 6. The smallest absolute Gasteiger partial charge is 0.320 e. The van der Waals surface area contributed by atoms with Gasteiger partial charge in [0.1, 0.15) is 21.7 Å². The molecule has 0 aromatic rings. The number of ether oxygens (including phenoxy) is 4. The fraction of sp³-hybridized carbons (Fsp3) is 0.583. The monoisotopic (exact) mass is 474 g/mol. The summed E-state index contributed by atoms with van der Waals surface area (Å²) in [7, 11) is 4.27. The van der Waals surface area contributed by atoms with Crippen molar-refractivity contribution in [1.82, 2.24) is 0 Å². The number of Topliss-reactive ketones (excluding diaryl/α,β-unsaturated/α-hetero) is 2. The molecule has 34 heavy (non-hydrogen) atoms. The molecule has 4 fully saturated rings. The van der Waals surface area contributed by atoms with Crippen molar-refractivity contribution in [2.45, 2.75) is 25.7 Å². The van der Waals surface area contributed by atoms with Gasteiger partial charge < -0.3 is 18.9 Å². The number of ketones is 2. The van der Waals surface area contributed by atoms with Gasteiger partial charge in [0.2, 0.25) is 0 Å². The zero-order valence-corrected chi connectivity index (χ0v) is 19.5. The van der Waals surface area contributed by atoms with Crippen LogP contribution in [-0.2, 0) is 47.7 Å². The standard InChI is InChI=1S/C24H26O10/c1-11-7-21(17(27)31-3)13-14(22(8-11,15(21)25)18(28)32-4)24(20(30)34-6)10-12(2)9-23(13,16(24)26)19(29)33-5/h13-14H,1-2,7-10H2,3-6H3/t13?,14?,21-,22+,23+,24-. The number of fused-ring (bicyclic) bond motifs is 9. The van der Waals surface area contributed by atoms with Crippen molar-refractivity contribution in [2.75, 3.05) is 28.4 Å². The Labute approximate surface area is 195 Å². The summed E-state index contributed by atoms with van der Waals surface area (Å²) in [6.07, 6.45) is -1.02. The highest BCUT2D eigenvalue weighted by molar-refractivity contribution is 6.26. The zero-order chi connectivity index (χ0) is 25.4. The van der Waals surface area contributed by atoms with Crippen LogP contribution in [0.5, 0.6) is 0 Å². The van der Waals surface area contributed by atoms with Gasteiger partial charge in [-0.25, -0.2) is 0 Å². The lowest BCUT2D eigenvalue weighted by Gasteiger charge is -2.45. The van der Waals surface area contributed by atoms with Crippen LogP contribution >= 0.6 is 0 Å². The third kappa shape index (κ3) is 2.17. The maximum atomic E-state index is 14.2. The highest BCUT2D eigenvalue weighted by atomic mass is 16.5. The number of esters is 4. The van der Waals surface area contributed by atoms with E-state index in [1.54, 1.807) is 0 Å². The van der Waals surface area contributed by atoms with E-state index in [0.29, 0.717) is 11.1 Å². The molecule has 0 aromatic carbocycles. The lowest BCUT2D eigenvalue weighted by atomic mass is 9.53. The van der Waals surface area contributed by atoms with Crippen LogP contribution in [0.15, 0.2) is 24.3 Å². The molecule has 4 aliphatic carbocycles. The Bertz CT molecular complexity index is 941. The van der Waals surface area contributed by atoms with Crippen LogP contribution in [-0.4, -0.2) is 63.9 Å². The van der Waals surface area contributed by atoms with Gasteiger partial charge in [0, 0.05) is 11.8 Å². The first-order chi connectivity index (χ1) is 15.9. The summed E-state index contributed by atoms with van der Waals surface area (Å²) in [5.41, 5.74) is -7.82. The van der Waals surface area contributed by atoms with Gasteiger partial charge in [0.15, 0.2) is 11.6 Å². The topological polar surface area (TPSA) is 139 Å². The average Bonchev–Trinajstić information content (AvgIpc) is 3.04. The summed E-state index contributed by atoms with van der Waals surface area (Å²) in [6, 6.07) is 0. The third-order valence-corrected chi connectivity index (χ3v) is 8.39. The minimum absolute atomic E-state index is 0.256. The van der Waals surface area contributed by atoms with E-state index in [4.69, 9.17) is 18.9 Å². The van der Waals surface area contributed by atoms with Gasteiger partial charge in [-0.3, -0.25) is 28.8 Å². The van der Waals surface area contributed by atoms with Crippen LogP contribution in [0.25, 0.3) is 0 Å². The molecule has 4 bridgehead atoms. The minimum atomic E-state index is -2.13. The molecule has 6 atom stereocenters. The van der Waals surface area contributed by atoms with E-state index >= 15 is 0 Å². The molecule has 0 heterocycles. The molecule has 10 heteroatoms. The molecule has 182 valence electrons. The van der Waals surface area contributed by atoms with E-state index < -0.39 is 68.9 Å². The number of hydrogen-bond acceptors (Lipinski definition) is 10. The predicted octanol–water partition coefficient (Wildman–Crippen LogP) is 0.722. The Morgan fingerprint density at radius 2 is 0.794 bits per heavy atom. The van der Waals surface area contributed by atoms with Gasteiger partial charge in [-0.05, 0) is 25.7 Å². The van der Waals surface area contributed by atoms with Crippen LogP contribution in [0.2, 0.25) is 0 Å². The van der Waals surface area contributed by atoms with Gasteiger partial charge in [-0.15, -0.1) is 0 Å². The molecule has 10 nitrogen and oxygen atoms in total. The Morgan fingerprint density at radius 3 is 0.971 bits per heavy atom. The lowest BCUT2D eigenvalue weighted by Crippen LogP contribution is -2.61. The summed E-state index contributed by atoms with van der Waals surface area (Å²) in [6.45, 7) is 7.88. The van der Waals surface area contributed by atoms with E-state index in [1.165, 1.54) is 0 Å². The van der Waals surface area contributed by atoms with Gasteiger partial charge in [0.25, 0.3) is 0 Å². The molecule has 4 saturated carbocycles. The van der Waals surface area contributed by atoms with Crippen molar-refractivity contribution in [3.63, 3.8) is 0 Å². The van der Waals surface area contributed by atoms with Crippen LogP contribution < -0.4 is 0 Å². The molecule has 2 unspecified atom stereocenters. The van der Waals surface area contributed by atoms with Gasteiger partial charge in [-0.1, -0.05) is 24.3 Å². The van der Waals surface area contributed by atoms with E-state index in [1.807, 2.05) is 0 Å². The second-order valence-electron chi connectivity index (χ2n) is 9.67. The summed E-state index contributed by atoms with van der Waals surface area (Å²) in [4.78, 5) is 82.2. The van der Waals surface area contributed by atoms with Crippen molar-refractivity contribution in [3.05, 3.63) is 24.3 Å². The second kappa shape index (κ2) is 7.10. The highest BCUT2D eigenvalue weighted by Crippen LogP contribution is 2.79. The van der Waals surface area contributed by atoms with Crippen LogP contribution in [0.4, 0.5) is 0 Å². The zero-order valence-electron chi connectivity index (χ0n) is 19.5. The molecule has 0 saturated heterocycles. The van der Waals surface area contributed by atoms with Crippen molar-refractivity contribution in [2.24, 2.45) is 33.5 Å². The Balaban J connectivity index is 2.24. The molecule has 4 rings (SSSR count). The van der Waals surface area contributed by atoms with Crippen LogP contribution in [0.3, 0.4) is 0 Å². The maximum absolute atomic E-state index is 14.2. The van der Waals surface area contributed by atoms with Gasteiger partial charge in [-0.2, -0.15) is 0 Å². The Morgan fingerprint density at radius 1 is 0.588 bits per heavy atom. The number of hydrogen-bond donors (Lipinski definition) is 0. The van der Waals surface area contributed by atoms with Gasteiger partial charge >= 0.3 is 23.9 Å². The quantitative estimate of drug-likeness (QED) is 0.188. The molecule has 0 aromatic heterocycles. The van der Waals surface area contributed by atoms with E-state index in [2.05, 4.69) is 13.2 Å². The number of methoxy groups -OCH3 is 4. The van der Waals surface area contributed by atoms with Crippen LogP contribution in [0, 0.1) is 33.5 Å². The summed E-state index contributed by atoms with van der Waals surface area (Å²) in [5, 5.41) is 0. The molecule has 0 amide bonds. The Hall–Kier alpha value is -3.30. The average molecular weight is 474 g/mol. The third-order valence-electron chi connectivity index (χ3n) is 8.39. The predicted molar refractivity (Wildman–Crippen MR) is 112 cm³/mol. The maximum Gasteiger partial charge on any atom is 0.320 e. The molecule has 0 spiro atoms. The number of carbonyl (C=O) groups excluding carboxylic acids is 6. The highest BCUT2D eigenvalue weighted by Gasteiger charge is 2.92. The normalized spacial score (nSPS) is 39.9. The molecule has 0 aliphatic heterocycles. The van der Waals surface area contributed by atoms with Crippen molar-refractivity contribution in [3.8, 4) is 0 Å². The van der Waals surface area contributed by atoms with Crippen molar-refractivity contribution < 1.29 is 47.7 Å². The van der Waals surface area contributed by atoms with Crippen molar-refractivity contribution >= 4 is 35.4 Å². The van der Waals surface area contributed by atoms with E-state index in [-0.39, 0.29) is 25.7 Å². The fourth-order valence-electron chi connectivity index (χ4n) is 7.70. The molecule has 0 radical (unpaired) electrons. The Kier molecular flexibility index (Phi) is 4.98. The summed E-state index contributed by atoms with van der Waals surface area (Å²) >= 11 is 0. The first kappa shape index (κ1) is 23.8. The molecule has 0 N–H and O–H groups in total. The van der Waals surface area contributed by atoms with E-state index in [0.717, 1.165) is 28.4 Å². The molecular weight excluding hydrogens is 448 g/mol. The second-order valence-corrected chi connectivity index (χ2v) is 9.67. The summed E-state index contributed by atoms with van der Waals surface area (Å²) in [5.74, 6) is -8.64. The largest absolute Gasteiger partial charge is 0.468 e. The lowest BCUT2D eigenvalue weighted by molar-refractivity contribution is -0.176. The minimum Gasteiger partial charge on any atom is -0.468 e. The number of rotatable bonds is 4.